The van der Waals surface area contributed by atoms with Crippen LogP contribution in [0.15, 0.2) is 36.5 Å². The van der Waals surface area contributed by atoms with Gasteiger partial charge in [-0.3, -0.25) is 9.78 Å². The minimum atomic E-state index is -0.548. The number of pyridine rings is 1. The smallest absolute Gasteiger partial charge is 0.254 e. The maximum absolute atomic E-state index is 14.5. The van der Waals surface area contributed by atoms with E-state index in [-0.39, 0.29) is 17.0 Å². The number of nitrogens with one attached hydrogen (secondary N) is 2. The standard InChI is InChI=1S/C23H24FN3O/c1-16-13-18(9-12-25-16)4-3-17-5-8-20(21(24)14-17)22(28)26-15-23(10-2-11-23)27-19-6-7-19/h5,8-9,12-14,19,27H,2,6-7,10-11,15H2,1H3,(H,26,28). The van der Waals surface area contributed by atoms with Crippen LogP contribution in [0.4, 0.5) is 4.39 Å². The third-order valence-electron chi connectivity index (χ3n) is 5.45. The van der Waals surface area contributed by atoms with Crippen molar-refractivity contribution in [2.24, 2.45) is 0 Å². The SMILES string of the molecule is Cc1cc(C#Cc2ccc(C(=O)NCC3(NC4CC4)CCC3)c(F)c2)ccn1. The molecule has 0 bridgehead atoms. The summed E-state index contributed by atoms with van der Waals surface area (Å²) >= 11 is 0. The van der Waals surface area contributed by atoms with Crippen molar-refractivity contribution in [2.45, 2.75) is 50.6 Å². The van der Waals surface area contributed by atoms with Gasteiger partial charge in [-0.2, -0.15) is 0 Å². The highest BCUT2D eigenvalue weighted by Crippen LogP contribution is 2.35. The van der Waals surface area contributed by atoms with Gasteiger partial charge >= 0.3 is 0 Å². The zero-order chi connectivity index (χ0) is 19.6. The Morgan fingerprint density at radius 3 is 2.57 bits per heavy atom. The van der Waals surface area contributed by atoms with Crippen LogP contribution < -0.4 is 10.6 Å². The summed E-state index contributed by atoms with van der Waals surface area (Å²) in [6.45, 7) is 2.44. The third kappa shape index (κ3) is 4.40. The summed E-state index contributed by atoms with van der Waals surface area (Å²) in [6.07, 6.45) is 7.43. The summed E-state index contributed by atoms with van der Waals surface area (Å²) in [7, 11) is 0. The highest BCUT2D eigenvalue weighted by molar-refractivity contribution is 5.94. The van der Waals surface area contributed by atoms with Crippen LogP contribution in [0.25, 0.3) is 0 Å². The molecule has 0 spiro atoms. The molecule has 4 rings (SSSR count). The van der Waals surface area contributed by atoms with Gasteiger partial charge in [0, 0.05) is 41.1 Å². The molecule has 2 saturated carbocycles. The summed E-state index contributed by atoms with van der Waals surface area (Å²) in [5, 5.41) is 6.55. The van der Waals surface area contributed by atoms with Crippen LogP contribution in [0.3, 0.4) is 0 Å². The van der Waals surface area contributed by atoms with Crippen molar-refractivity contribution in [2.75, 3.05) is 6.54 Å². The van der Waals surface area contributed by atoms with Crippen LogP contribution in [0.1, 0.15) is 59.3 Å². The second kappa shape index (κ2) is 7.73. The fourth-order valence-corrected chi connectivity index (χ4v) is 3.53. The fraction of sp³-hybridized carbons (Fsp3) is 0.391. The van der Waals surface area contributed by atoms with Gasteiger partial charge < -0.3 is 10.6 Å². The Morgan fingerprint density at radius 1 is 1.21 bits per heavy atom. The highest BCUT2D eigenvalue weighted by atomic mass is 19.1. The zero-order valence-electron chi connectivity index (χ0n) is 16.0. The normalized spacial score (nSPS) is 17.2. The number of rotatable bonds is 5. The van der Waals surface area contributed by atoms with Gasteiger partial charge in [0.25, 0.3) is 5.91 Å². The molecule has 0 atom stereocenters. The number of aromatic nitrogens is 1. The largest absolute Gasteiger partial charge is 0.350 e. The molecular formula is C23H24FN3O. The van der Waals surface area contributed by atoms with Crippen LogP contribution in [0, 0.1) is 24.6 Å². The molecule has 0 aliphatic heterocycles. The van der Waals surface area contributed by atoms with Crippen LogP contribution in [-0.2, 0) is 0 Å². The van der Waals surface area contributed by atoms with E-state index < -0.39 is 5.82 Å². The van der Waals surface area contributed by atoms with E-state index in [4.69, 9.17) is 0 Å². The fourth-order valence-electron chi connectivity index (χ4n) is 3.53. The predicted molar refractivity (Wildman–Crippen MR) is 106 cm³/mol. The Hall–Kier alpha value is -2.71. The number of hydrogen-bond donors (Lipinski definition) is 2. The van der Waals surface area contributed by atoms with Crippen molar-refractivity contribution in [1.82, 2.24) is 15.6 Å². The number of carbonyl (C=O) groups is 1. The molecule has 2 aliphatic carbocycles. The first-order valence-corrected chi connectivity index (χ1v) is 9.83. The lowest BCUT2D eigenvalue weighted by Crippen LogP contribution is -2.58. The van der Waals surface area contributed by atoms with Gasteiger partial charge in [-0.15, -0.1) is 0 Å². The molecule has 144 valence electrons. The molecule has 4 nitrogen and oxygen atoms in total. The molecule has 0 unspecified atom stereocenters. The molecule has 0 saturated heterocycles. The number of amides is 1. The van der Waals surface area contributed by atoms with E-state index in [0.29, 0.717) is 18.2 Å². The Labute approximate surface area is 165 Å². The van der Waals surface area contributed by atoms with E-state index in [0.717, 1.165) is 24.1 Å². The van der Waals surface area contributed by atoms with Crippen molar-refractivity contribution in [3.05, 3.63) is 64.7 Å². The number of aryl methyl sites for hydroxylation is 1. The third-order valence-corrected chi connectivity index (χ3v) is 5.45. The first-order chi connectivity index (χ1) is 13.5. The van der Waals surface area contributed by atoms with Crippen molar-refractivity contribution in [1.29, 1.82) is 0 Å². The lowest BCUT2D eigenvalue weighted by molar-refractivity contribution is 0.0907. The Kier molecular flexibility index (Phi) is 5.15. The second-order valence-corrected chi connectivity index (χ2v) is 7.87. The van der Waals surface area contributed by atoms with E-state index in [2.05, 4.69) is 27.5 Å². The predicted octanol–water partition coefficient (Wildman–Crippen LogP) is 3.33. The van der Waals surface area contributed by atoms with E-state index in [1.807, 2.05) is 19.1 Å². The minimum absolute atomic E-state index is 0.00138. The Balaban J connectivity index is 1.40. The molecule has 1 amide bonds. The Morgan fingerprint density at radius 2 is 1.96 bits per heavy atom. The van der Waals surface area contributed by atoms with Crippen molar-refractivity contribution in [3.63, 3.8) is 0 Å². The molecule has 2 N–H and O–H groups in total. The number of halogens is 1. The first-order valence-electron chi connectivity index (χ1n) is 9.83. The maximum atomic E-state index is 14.5. The summed E-state index contributed by atoms with van der Waals surface area (Å²) in [6, 6.07) is 8.78. The van der Waals surface area contributed by atoms with Crippen LogP contribution in [-0.4, -0.2) is 29.0 Å². The van der Waals surface area contributed by atoms with E-state index in [9.17, 15) is 9.18 Å². The zero-order valence-corrected chi connectivity index (χ0v) is 16.0. The highest BCUT2D eigenvalue weighted by Gasteiger charge is 2.41. The van der Waals surface area contributed by atoms with Crippen LogP contribution in [0.5, 0.6) is 0 Å². The molecule has 2 fully saturated rings. The summed E-state index contributed by atoms with van der Waals surface area (Å²) in [4.78, 5) is 16.6. The van der Waals surface area contributed by atoms with Gasteiger partial charge in [-0.25, -0.2) is 4.39 Å². The topological polar surface area (TPSA) is 54.0 Å². The average Bonchev–Trinajstić information content (AvgIpc) is 3.46. The summed E-state index contributed by atoms with van der Waals surface area (Å²) in [5.74, 6) is 5.02. The van der Waals surface area contributed by atoms with Crippen molar-refractivity contribution >= 4 is 5.91 Å². The molecule has 1 heterocycles. The quantitative estimate of drug-likeness (QED) is 0.786. The van der Waals surface area contributed by atoms with E-state index >= 15 is 0 Å². The van der Waals surface area contributed by atoms with E-state index in [1.54, 1.807) is 12.3 Å². The van der Waals surface area contributed by atoms with Crippen LogP contribution >= 0.6 is 0 Å². The number of hydrogen-bond acceptors (Lipinski definition) is 3. The van der Waals surface area contributed by atoms with Gasteiger partial charge in [0.1, 0.15) is 5.82 Å². The monoisotopic (exact) mass is 377 g/mol. The number of carbonyl (C=O) groups excluding carboxylic acids is 1. The van der Waals surface area contributed by atoms with Gasteiger partial charge in [0.15, 0.2) is 0 Å². The Bertz CT molecular complexity index is 952. The average molecular weight is 377 g/mol. The van der Waals surface area contributed by atoms with E-state index in [1.165, 1.54) is 31.4 Å². The molecular weight excluding hydrogens is 353 g/mol. The van der Waals surface area contributed by atoms with Gasteiger partial charge in [0.05, 0.1) is 5.56 Å². The lowest BCUT2D eigenvalue weighted by atomic mass is 9.76. The molecule has 2 aliphatic rings. The van der Waals surface area contributed by atoms with Crippen molar-refractivity contribution < 1.29 is 9.18 Å². The molecule has 1 aromatic carbocycles. The maximum Gasteiger partial charge on any atom is 0.254 e. The first kappa shape index (κ1) is 18.6. The molecule has 28 heavy (non-hydrogen) atoms. The summed E-state index contributed by atoms with van der Waals surface area (Å²) in [5.41, 5.74) is 2.30. The molecule has 0 radical (unpaired) electrons. The lowest BCUT2D eigenvalue weighted by Gasteiger charge is -2.43. The minimum Gasteiger partial charge on any atom is -0.350 e. The molecule has 1 aromatic heterocycles. The molecule has 2 aromatic rings. The van der Waals surface area contributed by atoms with Crippen molar-refractivity contribution in [3.8, 4) is 11.8 Å². The van der Waals surface area contributed by atoms with Gasteiger partial charge in [-0.05, 0) is 69.4 Å². The number of benzene rings is 1. The summed E-state index contributed by atoms with van der Waals surface area (Å²) < 4.78 is 14.5. The van der Waals surface area contributed by atoms with Gasteiger partial charge in [0.2, 0.25) is 0 Å². The molecule has 5 heteroatoms. The number of nitrogens with zero attached hydrogens (tertiary/aromatic N) is 1. The van der Waals surface area contributed by atoms with Gasteiger partial charge in [-0.1, -0.05) is 11.8 Å². The second-order valence-electron chi connectivity index (χ2n) is 7.87. The van der Waals surface area contributed by atoms with Crippen LogP contribution in [0.2, 0.25) is 0 Å².